The van der Waals surface area contributed by atoms with E-state index in [0.717, 1.165) is 16.7 Å². The average Bonchev–Trinajstić information content (AvgIpc) is 3.21. The summed E-state index contributed by atoms with van der Waals surface area (Å²) in [5, 5.41) is 0. The summed E-state index contributed by atoms with van der Waals surface area (Å²) in [4.78, 5) is 27.9. The molecule has 3 rings (SSSR count). The van der Waals surface area contributed by atoms with Crippen LogP contribution in [0.2, 0.25) is 0 Å². The van der Waals surface area contributed by atoms with E-state index in [0.29, 0.717) is 23.8 Å². The number of oxazole rings is 1. The molecular weight excluding hydrogens is 370 g/mol. The molecule has 150 valence electrons. The van der Waals surface area contributed by atoms with E-state index in [9.17, 15) is 9.59 Å². The Labute approximate surface area is 169 Å². The molecule has 0 spiro atoms. The molecule has 0 bridgehead atoms. The number of carbonyl (C=O) groups is 2. The molecular formula is C22H23N3O4. The van der Waals surface area contributed by atoms with Gasteiger partial charge in [0, 0.05) is 18.4 Å². The second-order valence-corrected chi connectivity index (χ2v) is 6.62. The van der Waals surface area contributed by atoms with Gasteiger partial charge in [-0.1, -0.05) is 36.4 Å². The minimum Gasteiger partial charge on any atom is -0.484 e. The van der Waals surface area contributed by atoms with Crippen LogP contribution in [0.4, 0.5) is 0 Å². The summed E-state index contributed by atoms with van der Waals surface area (Å²) in [5.74, 6) is 0.928. The molecule has 2 N–H and O–H groups in total. The molecule has 0 atom stereocenters. The van der Waals surface area contributed by atoms with Crippen LogP contribution in [0, 0.1) is 13.8 Å². The zero-order valence-electron chi connectivity index (χ0n) is 16.4. The fraction of sp³-hybridized carbons (Fsp3) is 0.227. The maximum atomic E-state index is 11.9. The minimum atomic E-state index is -0.445. The third-order valence-electron chi connectivity index (χ3n) is 4.37. The average molecular weight is 393 g/mol. The van der Waals surface area contributed by atoms with Crippen LogP contribution in [0.25, 0.3) is 11.3 Å². The molecule has 0 fully saturated rings. The van der Waals surface area contributed by atoms with E-state index in [-0.39, 0.29) is 18.9 Å². The first kappa shape index (κ1) is 20.1. The van der Waals surface area contributed by atoms with E-state index < -0.39 is 5.91 Å². The number of rotatable bonds is 7. The van der Waals surface area contributed by atoms with Crippen LogP contribution in [-0.4, -0.2) is 23.4 Å². The van der Waals surface area contributed by atoms with Crippen molar-refractivity contribution in [2.45, 2.75) is 26.7 Å². The molecule has 2 aromatic carbocycles. The molecule has 3 aromatic rings. The summed E-state index contributed by atoms with van der Waals surface area (Å²) >= 11 is 0. The Morgan fingerprint density at radius 3 is 2.52 bits per heavy atom. The maximum Gasteiger partial charge on any atom is 0.276 e. The Balaban J connectivity index is 1.38. The number of carbonyl (C=O) groups excluding carboxylic acids is 2. The van der Waals surface area contributed by atoms with Gasteiger partial charge in [0.2, 0.25) is 5.91 Å². The number of hydrazine groups is 1. The lowest BCUT2D eigenvalue weighted by atomic mass is 10.1. The van der Waals surface area contributed by atoms with Crippen molar-refractivity contribution in [3.8, 4) is 17.1 Å². The van der Waals surface area contributed by atoms with Gasteiger partial charge in [-0.2, -0.15) is 0 Å². The number of amides is 2. The molecule has 1 heterocycles. The fourth-order valence-corrected chi connectivity index (χ4v) is 2.57. The van der Waals surface area contributed by atoms with E-state index in [1.807, 2.05) is 56.3 Å². The Morgan fingerprint density at radius 2 is 1.76 bits per heavy atom. The summed E-state index contributed by atoms with van der Waals surface area (Å²) in [6, 6.07) is 15.2. The number of ether oxygens (including phenoxy) is 1. The molecule has 0 saturated carbocycles. The molecule has 2 amide bonds. The largest absolute Gasteiger partial charge is 0.484 e. The van der Waals surface area contributed by atoms with Gasteiger partial charge in [0.1, 0.15) is 5.75 Å². The second-order valence-electron chi connectivity index (χ2n) is 6.62. The summed E-state index contributed by atoms with van der Waals surface area (Å²) in [7, 11) is 0. The minimum absolute atomic E-state index is 0.132. The Kier molecular flexibility index (Phi) is 6.63. The van der Waals surface area contributed by atoms with Gasteiger partial charge in [-0.25, -0.2) is 4.98 Å². The molecule has 0 aliphatic carbocycles. The summed E-state index contributed by atoms with van der Waals surface area (Å²) in [6.07, 6.45) is 2.09. The standard InChI is InChI=1S/C22H23N3O4/c1-15-8-9-18(12-16(15)2)28-14-21(27)25-24-20(26)10-11-22-23-13-19(29-22)17-6-4-3-5-7-17/h3-9,12-13H,10-11,14H2,1-2H3,(H,24,26)(H,25,27). The molecule has 0 radical (unpaired) electrons. The molecule has 0 unspecified atom stereocenters. The Bertz CT molecular complexity index is 983. The lowest BCUT2D eigenvalue weighted by Gasteiger charge is -2.09. The van der Waals surface area contributed by atoms with Gasteiger partial charge in [0.05, 0.1) is 6.20 Å². The highest BCUT2D eigenvalue weighted by Gasteiger charge is 2.10. The molecule has 29 heavy (non-hydrogen) atoms. The smallest absolute Gasteiger partial charge is 0.276 e. The zero-order chi connectivity index (χ0) is 20.6. The number of aryl methyl sites for hydroxylation is 3. The topological polar surface area (TPSA) is 93.5 Å². The number of hydrogen-bond acceptors (Lipinski definition) is 5. The molecule has 0 aliphatic heterocycles. The van der Waals surface area contributed by atoms with Gasteiger partial charge in [-0.15, -0.1) is 0 Å². The summed E-state index contributed by atoms with van der Waals surface area (Å²) in [5.41, 5.74) is 7.85. The van der Waals surface area contributed by atoms with Gasteiger partial charge >= 0.3 is 0 Å². The van der Waals surface area contributed by atoms with Crippen molar-refractivity contribution < 1.29 is 18.7 Å². The van der Waals surface area contributed by atoms with Crippen LogP contribution in [0.3, 0.4) is 0 Å². The molecule has 7 heteroatoms. The lowest BCUT2D eigenvalue weighted by molar-refractivity contribution is -0.130. The highest BCUT2D eigenvalue weighted by atomic mass is 16.5. The maximum absolute atomic E-state index is 11.9. The summed E-state index contributed by atoms with van der Waals surface area (Å²) < 4.78 is 11.1. The predicted octanol–water partition coefficient (Wildman–Crippen LogP) is 3.12. The van der Waals surface area contributed by atoms with Crippen molar-refractivity contribution in [1.82, 2.24) is 15.8 Å². The van der Waals surface area contributed by atoms with Crippen molar-refractivity contribution in [2.24, 2.45) is 0 Å². The summed E-state index contributed by atoms with van der Waals surface area (Å²) in [6.45, 7) is 3.78. The van der Waals surface area contributed by atoms with Crippen molar-refractivity contribution in [2.75, 3.05) is 6.61 Å². The quantitative estimate of drug-likeness (QED) is 0.602. The number of aromatic nitrogens is 1. The van der Waals surface area contributed by atoms with Crippen molar-refractivity contribution in [3.63, 3.8) is 0 Å². The van der Waals surface area contributed by atoms with Crippen molar-refractivity contribution in [1.29, 1.82) is 0 Å². The van der Waals surface area contributed by atoms with Gasteiger partial charge < -0.3 is 9.15 Å². The Hall–Kier alpha value is -3.61. The predicted molar refractivity (Wildman–Crippen MR) is 108 cm³/mol. The first-order chi connectivity index (χ1) is 14.0. The first-order valence-corrected chi connectivity index (χ1v) is 9.29. The van der Waals surface area contributed by atoms with E-state index in [4.69, 9.17) is 9.15 Å². The Morgan fingerprint density at radius 1 is 1.00 bits per heavy atom. The first-order valence-electron chi connectivity index (χ1n) is 9.29. The van der Waals surface area contributed by atoms with Crippen LogP contribution in [0.5, 0.6) is 5.75 Å². The third kappa shape index (κ3) is 5.93. The van der Waals surface area contributed by atoms with Crippen LogP contribution in [0.15, 0.2) is 59.1 Å². The number of nitrogens with one attached hydrogen (secondary N) is 2. The number of hydrogen-bond donors (Lipinski definition) is 2. The molecule has 0 aliphatic rings. The van der Waals surface area contributed by atoms with Crippen molar-refractivity contribution in [3.05, 3.63) is 71.7 Å². The van der Waals surface area contributed by atoms with Crippen LogP contribution >= 0.6 is 0 Å². The lowest BCUT2D eigenvalue weighted by Crippen LogP contribution is -2.43. The zero-order valence-corrected chi connectivity index (χ0v) is 16.4. The van der Waals surface area contributed by atoms with Crippen LogP contribution in [0.1, 0.15) is 23.4 Å². The van der Waals surface area contributed by atoms with Gasteiger partial charge in [0.25, 0.3) is 5.91 Å². The van der Waals surface area contributed by atoms with E-state index in [2.05, 4.69) is 15.8 Å². The van der Waals surface area contributed by atoms with Crippen LogP contribution < -0.4 is 15.6 Å². The highest BCUT2D eigenvalue weighted by Crippen LogP contribution is 2.20. The molecule has 7 nitrogen and oxygen atoms in total. The number of nitrogens with zero attached hydrogens (tertiary/aromatic N) is 1. The van der Waals surface area contributed by atoms with Gasteiger partial charge in [-0.3, -0.25) is 20.4 Å². The third-order valence-corrected chi connectivity index (χ3v) is 4.37. The van der Waals surface area contributed by atoms with Gasteiger partial charge in [-0.05, 0) is 37.1 Å². The normalized spacial score (nSPS) is 10.4. The molecule has 1 aromatic heterocycles. The molecule has 0 saturated heterocycles. The van der Waals surface area contributed by atoms with E-state index in [1.54, 1.807) is 12.3 Å². The second kappa shape index (κ2) is 9.54. The van der Waals surface area contributed by atoms with E-state index >= 15 is 0 Å². The van der Waals surface area contributed by atoms with E-state index in [1.165, 1.54) is 0 Å². The highest BCUT2D eigenvalue weighted by molar-refractivity contribution is 5.82. The number of benzene rings is 2. The van der Waals surface area contributed by atoms with Gasteiger partial charge in [0.15, 0.2) is 18.3 Å². The fourth-order valence-electron chi connectivity index (χ4n) is 2.57. The van der Waals surface area contributed by atoms with Crippen LogP contribution in [-0.2, 0) is 16.0 Å². The SMILES string of the molecule is Cc1ccc(OCC(=O)NNC(=O)CCc2ncc(-c3ccccc3)o2)cc1C. The van der Waals surface area contributed by atoms with Crippen molar-refractivity contribution >= 4 is 11.8 Å². The monoisotopic (exact) mass is 393 g/mol.